The zero-order valence-corrected chi connectivity index (χ0v) is 83.8. The molecule has 56 heteroatoms. The van der Waals surface area contributed by atoms with Crippen LogP contribution in [0.25, 0.3) is 10.9 Å². The molecule has 1 aliphatic rings. The fourth-order valence-electron chi connectivity index (χ4n) is 14.7. The molecule has 30 N–H and O–H groups in total. The number of carboxylic acid groups (broad SMARTS) is 4. The van der Waals surface area contributed by atoms with E-state index in [1.54, 1.807) is 67.0 Å². The number of rotatable bonds is 63. The van der Waals surface area contributed by atoms with Gasteiger partial charge in [-0.05, 0) is 98.8 Å². The van der Waals surface area contributed by atoms with Crippen LogP contribution in [0.1, 0.15) is 114 Å². The molecule has 5 rings (SSSR count). The largest absolute Gasteiger partial charge is 3.00 e. The first-order chi connectivity index (χ1) is 68.0. The Labute approximate surface area is 853 Å². The summed E-state index contributed by atoms with van der Waals surface area (Å²) in [6.07, 6.45) is -6.94. The Hall–Kier alpha value is -14.7. The monoisotopic (exact) mass is 2150 g/mol. The maximum atomic E-state index is 14.7. The fourth-order valence-corrected chi connectivity index (χ4v) is 15.2. The van der Waals surface area contributed by atoms with Crippen LogP contribution in [-0.4, -0.2) is 372 Å². The molecule has 1 aliphatic heterocycles. The Morgan fingerprint density at radius 2 is 0.669 bits per heavy atom. The Morgan fingerprint density at radius 1 is 0.359 bits per heavy atom. The topological polar surface area (TPSA) is 887 Å². The molecule has 12 atom stereocenters. The quantitative estimate of drug-likeness (QED) is 0.0195. The minimum atomic E-state index is -2.01. The molecule has 0 bridgehead atoms. The summed E-state index contributed by atoms with van der Waals surface area (Å²) in [5, 5.41) is 86.8. The second-order valence-electron chi connectivity index (χ2n) is 33.9. The first kappa shape index (κ1) is 123. The summed E-state index contributed by atoms with van der Waals surface area (Å²) in [6, 6.07) is -0.877. The molecule has 788 valence electrons. The number of hydrogen-bond donors (Lipinski definition) is 23. The van der Waals surface area contributed by atoms with Gasteiger partial charge in [-0.2, -0.15) is 11.8 Å². The first-order valence-corrected chi connectivity index (χ1v) is 46.9. The van der Waals surface area contributed by atoms with E-state index in [9.17, 15) is 141 Å². The van der Waals surface area contributed by atoms with Crippen molar-refractivity contribution >= 4 is 191 Å². The Morgan fingerprint density at radius 3 is 1.05 bits per heavy atom. The summed E-state index contributed by atoms with van der Waals surface area (Å²) < 4.78 is 0. The summed E-state index contributed by atoms with van der Waals surface area (Å²) in [5.41, 5.74) is 40.4. The van der Waals surface area contributed by atoms with Gasteiger partial charge in [0, 0.05) is 147 Å². The number of nitrogens with two attached hydrogens (primary N) is 7. The second kappa shape index (κ2) is 63.4. The van der Waals surface area contributed by atoms with Crippen LogP contribution in [0.4, 0.5) is 0 Å². The van der Waals surface area contributed by atoms with E-state index in [0.29, 0.717) is 22.0 Å². The number of para-hydroxylation sites is 1. The van der Waals surface area contributed by atoms with Crippen molar-refractivity contribution in [2.75, 3.05) is 97.1 Å². The molecule has 1 fully saturated rings. The number of hydrogen-bond acceptors (Lipinski definition) is 33. The summed E-state index contributed by atoms with van der Waals surface area (Å²) in [5.74, 6) is -28.7. The number of carboxylic acids is 4. The Balaban J connectivity index is 0.0000438. The van der Waals surface area contributed by atoms with E-state index in [-0.39, 0.29) is 115 Å². The number of phenols is 1. The number of aliphatic carboxylic acids is 4. The van der Waals surface area contributed by atoms with Gasteiger partial charge in [0.2, 0.25) is 118 Å². The number of carbonyl (C=O) groups excluding carboxylic acids is 23. The zero-order valence-electron chi connectivity index (χ0n) is 79.7. The van der Waals surface area contributed by atoms with Crippen molar-refractivity contribution in [1.82, 2.24) is 93.7 Å². The van der Waals surface area contributed by atoms with Crippen molar-refractivity contribution < 1.29 is 141 Å². The van der Waals surface area contributed by atoms with Crippen LogP contribution in [0, 0.1) is 0 Å². The number of thioether (sulfide) groups is 1. The molecule has 145 heavy (non-hydrogen) atoms. The molecular weight excluding hydrogens is 2030 g/mol. The average Bonchev–Trinajstić information content (AvgIpc) is 1.69. The van der Waals surface area contributed by atoms with Crippen LogP contribution >= 0.6 is 11.8 Å². The molecule has 3 aromatic carbocycles. The van der Waals surface area contributed by atoms with Crippen molar-refractivity contribution in [3.05, 3.63) is 102 Å². The molecule has 0 unspecified atom stereocenters. The summed E-state index contributed by atoms with van der Waals surface area (Å²) in [4.78, 5) is 329. The number of aromatic nitrogens is 1. The SMILES string of the molecule is CSCC[C@H](NC(=O)[C@H](Cc1c[nH]c2ccccc12)NC(=O)CNC(=O)[C@H](Cc1ccc(O)cc1)NC(=O)[C@H](C)NC(=O)[C@@H](CCC(N)=O)NC(=O)[C@@H](CCC(N)=O)NC(=O)[C@@H](CCC(N)=O)NC(=O)[C@@H](CCC(N)=O)NC(=O)[C@@H](CCC(N)=O)NC(=O)[C@@H](CCC(N)=O)NC(=O)CN1CCN(CC(=O)[O-])CCN(CC(=O)[O-])CCN(CC(=O)[O-])CC1)C(=O)N[C@@H](CC(=O)O)C(=O)N[C@@H](Cc1ccccc1)C(N)=O.[In+3]. The third-order valence-electron chi connectivity index (χ3n) is 22.4. The molecule has 4 aromatic rings. The number of H-pyrrole nitrogens is 1. The van der Waals surface area contributed by atoms with Crippen LogP contribution in [0.3, 0.4) is 0 Å². The number of phenolic OH excluding ortho intramolecular Hbond substituents is 1. The smallest absolute Gasteiger partial charge is 0.549 e. The zero-order chi connectivity index (χ0) is 107. The minimum absolute atomic E-state index is 0. The van der Waals surface area contributed by atoms with Gasteiger partial charge in [0.25, 0.3) is 0 Å². The number of carbonyl (C=O) groups is 24. The molecule has 2 heterocycles. The van der Waals surface area contributed by atoms with Crippen molar-refractivity contribution in [3.8, 4) is 5.75 Å². The molecule has 20 amide bonds. The van der Waals surface area contributed by atoms with E-state index in [1.807, 2.05) is 0 Å². The van der Waals surface area contributed by atoms with Gasteiger partial charge in [-0.25, -0.2) is 0 Å². The van der Waals surface area contributed by atoms with Crippen molar-refractivity contribution in [2.45, 2.75) is 189 Å². The van der Waals surface area contributed by atoms with Gasteiger partial charge >= 0.3 is 31.8 Å². The van der Waals surface area contributed by atoms with Gasteiger partial charge in [-0.1, -0.05) is 60.7 Å². The molecule has 1 saturated heterocycles. The number of benzene rings is 3. The predicted octanol–water partition coefficient (Wildman–Crippen LogP) is -14.7. The van der Waals surface area contributed by atoms with Crippen molar-refractivity contribution in [2.24, 2.45) is 40.1 Å². The Kier molecular flexibility index (Phi) is 53.6. The van der Waals surface area contributed by atoms with Gasteiger partial charge in [0.1, 0.15) is 78.3 Å². The molecule has 1 aromatic heterocycles. The van der Waals surface area contributed by atoms with Crippen molar-refractivity contribution in [1.29, 1.82) is 0 Å². The average molecular weight is 2160 g/mol. The summed E-state index contributed by atoms with van der Waals surface area (Å²) >= 11 is 1.24. The molecule has 54 nitrogen and oxygen atoms in total. The third-order valence-corrected chi connectivity index (χ3v) is 23.0. The van der Waals surface area contributed by atoms with E-state index in [4.69, 9.17) is 40.1 Å². The van der Waals surface area contributed by atoms with Crippen LogP contribution < -0.4 is 125 Å². The van der Waals surface area contributed by atoms with Crippen LogP contribution in [0.15, 0.2) is 85.1 Å². The first-order valence-electron chi connectivity index (χ1n) is 45.5. The fraction of sp³-hybridized carbons (Fsp3) is 0.506. The number of aromatic amines is 1. The molecule has 0 saturated carbocycles. The van der Waals surface area contributed by atoms with Gasteiger partial charge in [-0.3, -0.25) is 120 Å². The number of fused-ring (bicyclic) bond motifs is 1. The number of aromatic hydroxyl groups is 1. The normalized spacial score (nSPS) is 15.1. The van der Waals surface area contributed by atoms with E-state index < -0.39 is 337 Å². The predicted molar refractivity (Wildman–Crippen MR) is 507 cm³/mol. The summed E-state index contributed by atoms with van der Waals surface area (Å²) in [7, 11) is 0. The third kappa shape index (κ3) is 47.4. The maximum Gasteiger partial charge on any atom is 3.00 e. The van der Waals surface area contributed by atoms with Gasteiger partial charge < -0.3 is 154 Å². The van der Waals surface area contributed by atoms with Gasteiger partial charge in [-0.15, -0.1) is 0 Å². The number of amides is 20. The van der Waals surface area contributed by atoms with Crippen LogP contribution in [0.2, 0.25) is 0 Å². The number of nitrogens with zero attached hydrogens (tertiary/aromatic N) is 4. The number of primary amides is 7. The summed E-state index contributed by atoms with van der Waals surface area (Å²) in [6.45, 7) is -3.00. The standard InChI is InChI=1S/C89H127N25O29S.In/c1-48(79(133)109-63(39-50-12-14-52(115)15-13-50)80(134)98-43-72(122)101-64(40-51-42-97-54-11-7-6-10-53(51)54)88(142)107-61(28-37-144-2)87(141)110-65(41-74(124)125)89(143)108-62(78(96)132)38-49-8-4-3-5-9-49)99-81(135)56(17-23-67(91)117)102-83(137)58(19-25-69(93)119)104-85(139)60(21-27-71(95)121)106-86(140)59(20-26-70(94)120)105-84(138)57(18-24-68(92)118)103-82(136)55(16-22-66(90)116)100-73(123)44-111-29-31-112(45-75(126)127)33-35-114(47-77(130)131)36-34-113(32-30-111)46-76(128)129;/h3-15,42,48,55-65,97,115H,16-41,43-47H2,1-2H3,(H2,90,116)(H2,91,117)(H2,92,118)(H2,93,119)(H2,94,120)(H2,95,121)(H2,96,132)(H,98,134)(H,99,135)(H,100,123)(H,101,122)(H,102,137)(H,103,136)(H,104,139)(H,105,138)(H,106,140)(H,107,142)(H,108,143)(H,109,133)(H,110,141)(H,124,125)(H,126,127)(H,128,129)(H,130,131);/q;+3/p-3/t48-,55+,56+,57+,58+,59+,60+,61-,62-,63-,64-,65-;/m0./s1. The van der Waals surface area contributed by atoms with Crippen LogP contribution in [0.5, 0.6) is 5.75 Å². The molecule has 0 aliphatic carbocycles. The molecular formula is C89H124InN25O29S. The van der Waals surface area contributed by atoms with Gasteiger partial charge in [0.05, 0.1) is 37.4 Å². The number of nitrogens with one attached hydrogen (secondary N) is 14. The van der Waals surface area contributed by atoms with Crippen LogP contribution in [-0.2, 0) is 134 Å². The van der Waals surface area contributed by atoms with E-state index >= 15 is 0 Å². The maximum absolute atomic E-state index is 14.7. The van der Waals surface area contributed by atoms with E-state index in [0.717, 1.165) is 6.92 Å². The minimum Gasteiger partial charge on any atom is -0.549 e. The Bertz CT molecular complexity index is 5190. The second-order valence-corrected chi connectivity index (χ2v) is 34.9. The van der Waals surface area contributed by atoms with E-state index in [1.165, 1.54) is 55.6 Å². The molecule has 0 spiro atoms. The molecule has 0 radical (unpaired) electrons. The van der Waals surface area contributed by atoms with E-state index in [2.05, 4.69) is 74.1 Å². The van der Waals surface area contributed by atoms with Gasteiger partial charge in [0.15, 0.2) is 0 Å². The van der Waals surface area contributed by atoms with Crippen molar-refractivity contribution in [3.63, 3.8) is 0 Å².